The smallest absolute Gasteiger partial charge is 0.262 e. The molecule has 0 saturated carbocycles. The predicted octanol–water partition coefficient (Wildman–Crippen LogP) is 0.0468. The summed E-state index contributed by atoms with van der Waals surface area (Å²) in [5.74, 6) is -6.25. The van der Waals surface area contributed by atoms with Crippen molar-refractivity contribution in [3.63, 3.8) is 0 Å². The van der Waals surface area contributed by atoms with Gasteiger partial charge >= 0.3 is 42.9 Å². The van der Waals surface area contributed by atoms with Gasteiger partial charge in [0.25, 0.3) is 0 Å². The van der Waals surface area contributed by atoms with Crippen LogP contribution in [-0.4, -0.2) is 56.5 Å². The van der Waals surface area contributed by atoms with Crippen LogP contribution in [0.4, 0.5) is 37.7 Å². The topological polar surface area (TPSA) is 229 Å². The lowest BCUT2D eigenvalue weighted by atomic mass is 10.3. The number of halogens is 6. The van der Waals surface area contributed by atoms with E-state index in [0.29, 0.717) is 24.3 Å². The number of carbonyl (C=O) groups is 2. The number of sulfonamides is 4. The fraction of sp³-hybridized carbons (Fsp3) is 0.125. The molecule has 0 unspecified atom stereocenters. The zero-order valence-electron chi connectivity index (χ0n) is 18.7. The van der Waals surface area contributed by atoms with E-state index < -0.39 is 92.7 Å². The number of hydrogen-bond acceptors (Lipinski definition) is 10. The number of primary sulfonamides is 2. The Bertz CT molecular complexity index is 1670. The van der Waals surface area contributed by atoms with Gasteiger partial charge < -0.3 is 0 Å². The van der Waals surface area contributed by atoms with Crippen molar-refractivity contribution >= 4 is 63.3 Å². The number of amides is 2. The minimum atomic E-state index is -7.12. The van der Waals surface area contributed by atoms with Gasteiger partial charge in [-0.1, -0.05) is 12.1 Å². The van der Waals surface area contributed by atoms with Gasteiger partial charge in [-0.25, -0.2) is 27.1 Å². The van der Waals surface area contributed by atoms with Gasteiger partial charge in [0.1, 0.15) is 0 Å². The lowest BCUT2D eigenvalue weighted by molar-refractivity contribution is -0.135. The van der Waals surface area contributed by atoms with Crippen molar-refractivity contribution in [1.82, 2.24) is 0 Å². The Kier molecular flexibility index (Phi) is 8.43. The highest BCUT2D eigenvalue weighted by Crippen LogP contribution is 2.35. The van der Waals surface area contributed by atoms with Gasteiger partial charge in [-0.15, -0.1) is 0 Å². The SMILES string of the molecule is NS(=O)(=O)c1cccc(N(C(=O)C(=O)N(c2cccc(S(N)(=O)=O)c2)S(=O)(=O)C(F)(F)F)S(=O)(=O)C(F)(F)F)c1. The Morgan fingerprint density at radius 2 is 0.850 bits per heavy atom. The van der Waals surface area contributed by atoms with Crippen molar-refractivity contribution in [1.29, 1.82) is 0 Å². The van der Waals surface area contributed by atoms with E-state index in [1.54, 1.807) is 0 Å². The van der Waals surface area contributed by atoms with Crippen molar-refractivity contribution in [2.45, 2.75) is 20.8 Å². The first-order valence-corrected chi connectivity index (χ1v) is 15.3. The maximum Gasteiger partial charge on any atom is 0.517 e. The van der Waals surface area contributed by atoms with E-state index in [2.05, 4.69) is 0 Å². The quantitative estimate of drug-likeness (QED) is 0.312. The zero-order valence-corrected chi connectivity index (χ0v) is 21.9. The first-order valence-electron chi connectivity index (χ1n) is 9.32. The predicted molar refractivity (Wildman–Crippen MR) is 121 cm³/mol. The Hall–Kier alpha value is -3.32. The van der Waals surface area contributed by atoms with Crippen LogP contribution in [0.25, 0.3) is 0 Å². The molecule has 0 fully saturated rings. The second-order valence-electron chi connectivity index (χ2n) is 7.13. The second-order valence-corrected chi connectivity index (χ2v) is 13.8. The van der Waals surface area contributed by atoms with Gasteiger partial charge in [0, 0.05) is 0 Å². The molecule has 2 amide bonds. The molecule has 24 heteroatoms. The van der Waals surface area contributed by atoms with Gasteiger partial charge in [0.2, 0.25) is 20.0 Å². The lowest BCUT2D eigenvalue weighted by Gasteiger charge is -2.27. The summed E-state index contributed by atoms with van der Waals surface area (Å²) in [6.07, 6.45) is 0. The van der Waals surface area contributed by atoms with E-state index in [9.17, 15) is 69.6 Å². The number of nitrogens with two attached hydrogens (primary N) is 2. The molecular formula is C16H12F6N4O10S4. The molecule has 0 aromatic heterocycles. The third-order valence-electron chi connectivity index (χ3n) is 4.38. The van der Waals surface area contributed by atoms with Crippen molar-refractivity contribution in [2.75, 3.05) is 8.61 Å². The number of anilines is 2. The first kappa shape index (κ1) is 32.9. The number of rotatable bonds is 6. The van der Waals surface area contributed by atoms with E-state index in [1.165, 1.54) is 0 Å². The van der Waals surface area contributed by atoms with E-state index in [0.717, 1.165) is 0 Å². The monoisotopic (exact) mass is 662 g/mol. The maximum atomic E-state index is 13.4. The fourth-order valence-electron chi connectivity index (χ4n) is 2.68. The Morgan fingerprint density at radius 3 is 1.07 bits per heavy atom. The minimum Gasteiger partial charge on any atom is -0.262 e. The van der Waals surface area contributed by atoms with Gasteiger partial charge in [-0.2, -0.15) is 51.8 Å². The number of nitrogens with zero attached hydrogens (tertiary/aromatic N) is 2. The van der Waals surface area contributed by atoms with Crippen LogP contribution in [0.15, 0.2) is 58.3 Å². The van der Waals surface area contributed by atoms with E-state index in [1.807, 2.05) is 0 Å². The summed E-state index contributed by atoms with van der Waals surface area (Å²) in [5.41, 5.74) is -16.2. The molecule has 0 radical (unpaired) electrons. The third-order valence-corrected chi connectivity index (χ3v) is 9.09. The molecule has 222 valence electrons. The molecule has 40 heavy (non-hydrogen) atoms. The summed E-state index contributed by atoms with van der Waals surface area (Å²) in [5, 5.41) is 9.59. The second kappa shape index (κ2) is 10.3. The van der Waals surface area contributed by atoms with Crippen LogP contribution in [0.2, 0.25) is 0 Å². The van der Waals surface area contributed by atoms with Crippen LogP contribution in [0, 0.1) is 0 Å². The molecule has 4 N–H and O–H groups in total. The molecule has 0 saturated heterocycles. The molecule has 0 aliphatic heterocycles. The van der Waals surface area contributed by atoms with E-state index >= 15 is 0 Å². The van der Waals surface area contributed by atoms with E-state index in [-0.39, 0.29) is 24.3 Å². The lowest BCUT2D eigenvalue weighted by Crippen LogP contribution is -2.54. The normalized spacial score (nSPS) is 13.5. The number of benzene rings is 2. The van der Waals surface area contributed by atoms with Gasteiger partial charge in [-0.3, -0.25) is 9.59 Å². The summed E-state index contributed by atoms with van der Waals surface area (Å²) in [6.45, 7) is 0. The van der Waals surface area contributed by atoms with Crippen LogP contribution >= 0.6 is 0 Å². The average Bonchev–Trinajstić information content (AvgIpc) is 2.76. The molecule has 2 rings (SSSR count). The van der Waals surface area contributed by atoms with Gasteiger partial charge in [0.15, 0.2) is 0 Å². The molecule has 2 aromatic rings. The average molecular weight is 663 g/mol. The Labute approximate surface area is 221 Å². The van der Waals surface area contributed by atoms with Crippen molar-refractivity contribution in [3.8, 4) is 0 Å². The molecule has 0 atom stereocenters. The van der Waals surface area contributed by atoms with Crippen LogP contribution in [0.5, 0.6) is 0 Å². The van der Waals surface area contributed by atoms with Crippen LogP contribution in [0.1, 0.15) is 0 Å². The van der Waals surface area contributed by atoms with Crippen molar-refractivity contribution in [2.24, 2.45) is 10.3 Å². The zero-order chi connectivity index (χ0) is 31.3. The van der Waals surface area contributed by atoms with Crippen molar-refractivity contribution < 1.29 is 69.6 Å². The Morgan fingerprint density at radius 1 is 0.575 bits per heavy atom. The summed E-state index contributed by atoms with van der Waals surface area (Å²) < 4.78 is 173. The summed E-state index contributed by atoms with van der Waals surface area (Å²) in [4.78, 5) is 23.4. The maximum absolute atomic E-state index is 13.4. The molecule has 0 heterocycles. The van der Waals surface area contributed by atoms with Gasteiger partial charge in [-0.05, 0) is 36.4 Å². The summed E-state index contributed by atoms with van der Waals surface area (Å²) >= 11 is 0. The Balaban J connectivity index is 2.95. The van der Waals surface area contributed by atoms with Gasteiger partial charge in [0.05, 0.1) is 21.2 Å². The molecule has 0 aliphatic rings. The molecule has 0 bridgehead atoms. The van der Waals surface area contributed by atoms with Crippen molar-refractivity contribution in [3.05, 3.63) is 48.5 Å². The standard InChI is InChI=1S/C16H12F6N4O10S4/c17-15(18,19)39(33,34)25(9-3-1-5-11(7-9)37(23,29)30)13(27)14(28)26(40(35,36)16(20,21)22)10-4-2-6-12(8-10)38(24,31)32/h1-8H,(H2,23,29,30)(H2,24,31,32). The largest absolute Gasteiger partial charge is 0.517 e. The molecule has 0 spiro atoms. The highest BCUT2D eigenvalue weighted by molar-refractivity contribution is 7.95. The van der Waals surface area contributed by atoms with E-state index in [4.69, 9.17) is 10.3 Å². The third kappa shape index (κ3) is 6.35. The molecular weight excluding hydrogens is 650 g/mol. The molecule has 0 aliphatic carbocycles. The highest BCUT2D eigenvalue weighted by atomic mass is 32.2. The fourth-order valence-corrected chi connectivity index (χ4v) is 5.58. The number of alkyl halides is 6. The molecule has 14 nitrogen and oxygen atoms in total. The van der Waals surface area contributed by atoms with Crippen LogP contribution in [-0.2, 0) is 49.7 Å². The first-order chi connectivity index (χ1) is 17.7. The van der Waals surface area contributed by atoms with Crippen LogP contribution < -0.4 is 18.9 Å². The summed E-state index contributed by atoms with van der Waals surface area (Å²) in [6, 6.07) is 2.80. The highest BCUT2D eigenvalue weighted by Gasteiger charge is 2.58. The molecule has 2 aromatic carbocycles. The van der Waals surface area contributed by atoms with Crippen LogP contribution in [0.3, 0.4) is 0 Å². The number of carbonyl (C=O) groups excluding carboxylic acids is 2. The minimum absolute atomic E-state index is 0.00796. The summed E-state index contributed by atoms with van der Waals surface area (Å²) in [7, 11) is -23.9. The number of hydrogen-bond donors (Lipinski definition) is 2.